The van der Waals surface area contributed by atoms with Gasteiger partial charge >= 0.3 is 0 Å². The number of fused-ring (bicyclic) bond motifs is 6. The van der Waals surface area contributed by atoms with Gasteiger partial charge in [0.1, 0.15) is 5.69 Å². The van der Waals surface area contributed by atoms with Gasteiger partial charge in [-0.05, 0) is 75.5 Å². The van der Waals surface area contributed by atoms with Crippen molar-refractivity contribution < 1.29 is 0 Å². The number of nitrogens with zero attached hydrogens (tertiary/aromatic N) is 4. The average Bonchev–Trinajstić information content (AvgIpc) is 3.26. The number of pyridine rings is 1. The fourth-order valence-corrected chi connectivity index (χ4v) is 6.65. The molecule has 0 radical (unpaired) electrons. The summed E-state index contributed by atoms with van der Waals surface area (Å²) < 4.78 is 0. The van der Waals surface area contributed by atoms with Gasteiger partial charge in [0.15, 0.2) is 17.5 Å². The highest BCUT2D eigenvalue weighted by molar-refractivity contribution is 5.88. The van der Waals surface area contributed by atoms with Crippen LogP contribution in [0.3, 0.4) is 0 Å². The minimum Gasteiger partial charge on any atom is -0.253 e. The Hall–Kier alpha value is -4.96. The van der Waals surface area contributed by atoms with E-state index in [9.17, 15) is 0 Å². The molecular weight excluding hydrogens is 500 g/mol. The molecule has 0 N–H and O–H groups in total. The van der Waals surface area contributed by atoms with Gasteiger partial charge < -0.3 is 0 Å². The minimum atomic E-state index is 0.00365. The number of benzene rings is 4. The number of hydrogen-bond acceptors (Lipinski definition) is 4. The Morgan fingerprint density at radius 3 is 2.12 bits per heavy atom. The van der Waals surface area contributed by atoms with Gasteiger partial charge in [0, 0.05) is 22.7 Å². The topological polar surface area (TPSA) is 51.6 Å². The SMILES string of the molecule is CC1(C)c2ccccc2-c2cc3c(cc21)CCc1c(-c2nc(-c4ccccc4)nc(-c4ccccn4)n2)cccc1-3. The van der Waals surface area contributed by atoms with Gasteiger partial charge in [-0.2, -0.15) is 0 Å². The summed E-state index contributed by atoms with van der Waals surface area (Å²) in [5, 5.41) is 0. The lowest BCUT2D eigenvalue weighted by Gasteiger charge is -2.26. The smallest absolute Gasteiger partial charge is 0.182 e. The van der Waals surface area contributed by atoms with Gasteiger partial charge in [-0.1, -0.05) is 98.8 Å². The Morgan fingerprint density at radius 1 is 0.537 bits per heavy atom. The maximum atomic E-state index is 5.02. The van der Waals surface area contributed by atoms with E-state index in [2.05, 4.69) is 73.4 Å². The van der Waals surface area contributed by atoms with Crippen LogP contribution in [-0.4, -0.2) is 19.9 Å². The Kier molecular flexibility index (Phi) is 5.26. The second-order valence-corrected chi connectivity index (χ2v) is 11.4. The van der Waals surface area contributed by atoms with Crippen molar-refractivity contribution in [3.05, 3.63) is 132 Å². The third-order valence-corrected chi connectivity index (χ3v) is 8.72. The maximum Gasteiger partial charge on any atom is 0.182 e. The largest absolute Gasteiger partial charge is 0.253 e. The number of rotatable bonds is 3. The minimum absolute atomic E-state index is 0.00365. The molecule has 0 spiro atoms. The van der Waals surface area contributed by atoms with Crippen LogP contribution in [0.25, 0.3) is 56.5 Å². The third kappa shape index (κ3) is 3.75. The molecule has 0 saturated heterocycles. The molecular formula is C37H28N4. The molecule has 4 nitrogen and oxygen atoms in total. The van der Waals surface area contributed by atoms with Crippen LogP contribution < -0.4 is 0 Å². The summed E-state index contributed by atoms with van der Waals surface area (Å²) in [4.78, 5) is 19.4. The Balaban J connectivity index is 1.31. The maximum absolute atomic E-state index is 5.02. The van der Waals surface area contributed by atoms with E-state index in [0.717, 1.165) is 29.7 Å². The molecule has 4 heteroatoms. The summed E-state index contributed by atoms with van der Waals surface area (Å²) in [6, 6.07) is 36.2. The molecule has 2 aromatic heterocycles. The predicted molar refractivity (Wildman–Crippen MR) is 164 cm³/mol. The van der Waals surface area contributed by atoms with E-state index < -0.39 is 0 Å². The normalized spacial score (nSPS) is 14.1. The number of aryl methyl sites for hydroxylation is 1. The third-order valence-electron chi connectivity index (χ3n) is 8.72. The summed E-state index contributed by atoms with van der Waals surface area (Å²) in [6.45, 7) is 4.70. The van der Waals surface area contributed by atoms with Crippen molar-refractivity contribution in [2.75, 3.05) is 0 Å². The Labute approximate surface area is 239 Å². The van der Waals surface area contributed by atoms with Crippen molar-refractivity contribution in [2.24, 2.45) is 0 Å². The fourth-order valence-electron chi connectivity index (χ4n) is 6.65. The second kappa shape index (κ2) is 9.03. The molecule has 0 amide bonds. The van der Waals surface area contributed by atoms with E-state index in [4.69, 9.17) is 15.0 Å². The van der Waals surface area contributed by atoms with Crippen molar-refractivity contribution in [1.29, 1.82) is 0 Å². The predicted octanol–water partition coefficient (Wildman–Crippen LogP) is 8.34. The molecule has 4 aromatic carbocycles. The molecule has 0 saturated carbocycles. The molecule has 8 rings (SSSR count). The van der Waals surface area contributed by atoms with Crippen LogP contribution >= 0.6 is 0 Å². The Bertz CT molecular complexity index is 1900. The van der Waals surface area contributed by atoms with Crippen molar-refractivity contribution in [3.8, 4) is 56.5 Å². The van der Waals surface area contributed by atoms with E-state index in [-0.39, 0.29) is 5.41 Å². The molecule has 0 bridgehead atoms. The first-order valence-corrected chi connectivity index (χ1v) is 14.2. The van der Waals surface area contributed by atoms with E-state index in [0.29, 0.717) is 17.5 Å². The lowest BCUT2D eigenvalue weighted by molar-refractivity contribution is 0.659. The molecule has 6 aromatic rings. The highest BCUT2D eigenvalue weighted by atomic mass is 15.0. The highest BCUT2D eigenvalue weighted by Gasteiger charge is 2.36. The van der Waals surface area contributed by atoms with E-state index in [1.165, 1.54) is 44.5 Å². The summed E-state index contributed by atoms with van der Waals surface area (Å²) in [5.74, 6) is 1.93. The monoisotopic (exact) mass is 528 g/mol. The van der Waals surface area contributed by atoms with Gasteiger partial charge in [0.05, 0.1) is 0 Å². The van der Waals surface area contributed by atoms with Gasteiger partial charge in [0.2, 0.25) is 0 Å². The standard InChI is InChI=1S/C37H28N4/c1-37(2)31-16-7-6-13-27(31)30-22-29-24(21-32(30)37)18-19-26-25(29)14-10-15-28(26)35-39-34(23-11-4-3-5-12-23)40-36(41-35)33-17-8-9-20-38-33/h3-17,20-22H,18-19H2,1-2H3. The second-order valence-electron chi connectivity index (χ2n) is 11.4. The molecule has 0 aliphatic heterocycles. The molecule has 2 heterocycles. The molecule has 0 fully saturated rings. The van der Waals surface area contributed by atoms with Gasteiger partial charge in [0.25, 0.3) is 0 Å². The van der Waals surface area contributed by atoms with Crippen molar-refractivity contribution in [2.45, 2.75) is 32.1 Å². The van der Waals surface area contributed by atoms with Crippen LogP contribution in [0.15, 0.2) is 109 Å². The lowest BCUT2D eigenvalue weighted by Crippen LogP contribution is -2.16. The summed E-state index contributed by atoms with van der Waals surface area (Å²) in [6.07, 6.45) is 3.71. The van der Waals surface area contributed by atoms with E-state index >= 15 is 0 Å². The molecule has 41 heavy (non-hydrogen) atoms. The highest BCUT2D eigenvalue weighted by Crippen LogP contribution is 2.51. The lowest BCUT2D eigenvalue weighted by atomic mass is 9.78. The first-order chi connectivity index (χ1) is 20.1. The molecule has 196 valence electrons. The Morgan fingerprint density at radius 2 is 1.27 bits per heavy atom. The fraction of sp³-hybridized carbons (Fsp3) is 0.135. The van der Waals surface area contributed by atoms with Crippen LogP contribution in [0.1, 0.15) is 36.1 Å². The van der Waals surface area contributed by atoms with Crippen LogP contribution in [0, 0.1) is 0 Å². The molecule has 0 atom stereocenters. The zero-order chi connectivity index (χ0) is 27.6. The summed E-state index contributed by atoms with van der Waals surface area (Å²) in [7, 11) is 0. The van der Waals surface area contributed by atoms with E-state index in [1.54, 1.807) is 6.20 Å². The molecule has 2 aliphatic carbocycles. The van der Waals surface area contributed by atoms with Crippen molar-refractivity contribution in [1.82, 2.24) is 19.9 Å². The number of hydrogen-bond donors (Lipinski definition) is 0. The van der Waals surface area contributed by atoms with Gasteiger partial charge in [-0.3, -0.25) is 4.98 Å². The first kappa shape index (κ1) is 23.9. The van der Waals surface area contributed by atoms with E-state index in [1.807, 2.05) is 48.5 Å². The van der Waals surface area contributed by atoms with Gasteiger partial charge in [-0.25, -0.2) is 15.0 Å². The molecule has 0 unspecified atom stereocenters. The molecule has 2 aliphatic rings. The first-order valence-electron chi connectivity index (χ1n) is 14.2. The summed E-state index contributed by atoms with van der Waals surface area (Å²) >= 11 is 0. The van der Waals surface area contributed by atoms with Crippen LogP contribution in [0.2, 0.25) is 0 Å². The zero-order valence-electron chi connectivity index (χ0n) is 23.1. The average molecular weight is 529 g/mol. The number of aromatic nitrogens is 4. The van der Waals surface area contributed by atoms with Crippen LogP contribution in [-0.2, 0) is 18.3 Å². The zero-order valence-corrected chi connectivity index (χ0v) is 23.1. The van der Waals surface area contributed by atoms with Crippen LogP contribution in [0.5, 0.6) is 0 Å². The van der Waals surface area contributed by atoms with Crippen LogP contribution in [0.4, 0.5) is 0 Å². The summed E-state index contributed by atoms with van der Waals surface area (Å²) in [5.41, 5.74) is 13.6. The quantitative estimate of drug-likeness (QED) is 0.232. The van der Waals surface area contributed by atoms with Crippen molar-refractivity contribution in [3.63, 3.8) is 0 Å². The van der Waals surface area contributed by atoms with Gasteiger partial charge in [-0.15, -0.1) is 0 Å². The van der Waals surface area contributed by atoms with Crippen molar-refractivity contribution >= 4 is 0 Å².